The molecule has 4 heteroatoms. The molecule has 19 heavy (non-hydrogen) atoms. The summed E-state index contributed by atoms with van der Waals surface area (Å²) in [5.41, 5.74) is 1.33. The van der Waals surface area contributed by atoms with Crippen LogP contribution in [-0.4, -0.2) is 18.1 Å². The number of rotatable bonds is 4. The summed E-state index contributed by atoms with van der Waals surface area (Å²) in [5, 5.41) is 12.1. The molecule has 0 bridgehead atoms. The first kappa shape index (κ1) is 13.0. The number of amides is 1. The Labute approximate surface area is 111 Å². The van der Waals surface area contributed by atoms with Crippen LogP contribution in [0.1, 0.15) is 15.9 Å². The van der Waals surface area contributed by atoms with Gasteiger partial charge in [0.25, 0.3) is 5.91 Å². The lowest BCUT2D eigenvalue weighted by molar-refractivity contribution is 0.0950. The van der Waals surface area contributed by atoms with Crippen LogP contribution < -0.4 is 10.1 Å². The van der Waals surface area contributed by atoms with Gasteiger partial charge < -0.3 is 15.2 Å². The van der Waals surface area contributed by atoms with Crippen molar-refractivity contribution in [3.05, 3.63) is 59.7 Å². The first-order valence-corrected chi connectivity index (χ1v) is 5.90. The summed E-state index contributed by atoms with van der Waals surface area (Å²) in [4.78, 5) is 11.9. The van der Waals surface area contributed by atoms with Crippen molar-refractivity contribution in [2.24, 2.45) is 0 Å². The monoisotopic (exact) mass is 257 g/mol. The summed E-state index contributed by atoms with van der Waals surface area (Å²) < 4.78 is 5.21. The fourth-order valence-corrected chi connectivity index (χ4v) is 1.77. The second-order valence-corrected chi connectivity index (χ2v) is 4.04. The van der Waals surface area contributed by atoms with Gasteiger partial charge in [0.15, 0.2) is 0 Å². The molecule has 2 aromatic carbocycles. The van der Waals surface area contributed by atoms with E-state index in [2.05, 4.69) is 5.32 Å². The molecule has 0 heterocycles. The minimum Gasteiger partial charge on any atom is -0.508 e. The molecule has 98 valence electrons. The van der Waals surface area contributed by atoms with Crippen LogP contribution in [-0.2, 0) is 6.54 Å². The number of benzene rings is 2. The SMILES string of the molecule is COc1ccccc1CNC(=O)c1cccc(O)c1. The Morgan fingerprint density at radius 3 is 2.74 bits per heavy atom. The third-order valence-electron chi connectivity index (χ3n) is 2.74. The molecule has 0 saturated heterocycles. The quantitative estimate of drug-likeness (QED) is 0.883. The Balaban J connectivity index is 2.04. The molecular formula is C15H15NO3. The molecule has 4 nitrogen and oxygen atoms in total. The maximum atomic E-state index is 11.9. The number of ether oxygens (including phenoxy) is 1. The number of methoxy groups -OCH3 is 1. The Morgan fingerprint density at radius 1 is 1.21 bits per heavy atom. The highest BCUT2D eigenvalue weighted by atomic mass is 16.5. The minimum atomic E-state index is -0.234. The smallest absolute Gasteiger partial charge is 0.251 e. The van der Waals surface area contributed by atoms with Crippen LogP contribution in [0.15, 0.2) is 48.5 Å². The van der Waals surface area contributed by atoms with E-state index in [0.29, 0.717) is 12.1 Å². The number of carbonyl (C=O) groups is 1. The summed E-state index contributed by atoms with van der Waals surface area (Å²) in [6.45, 7) is 0.374. The molecule has 0 aliphatic carbocycles. The fraction of sp³-hybridized carbons (Fsp3) is 0.133. The number of phenolic OH excluding ortho intramolecular Hbond substituents is 1. The number of hydrogen-bond acceptors (Lipinski definition) is 3. The predicted octanol–water partition coefficient (Wildman–Crippen LogP) is 2.33. The lowest BCUT2D eigenvalue weighted by Gasteiger charge is -2.09. The van der Waals surface area contributed by atoms with Crippen LogP contribution in [0.4, 0.5) is 0 Å². The first-order chi connectivity index (χ1) is 9.20. The van der Waals surface area contributed by atoms with Gasteiger partial charge in [0.2, 0.25) is 0 Å². The van der Waals surface area contributed by atoms with Gasteiger partial charge >= 0.3 is 0 Å². The molecule has 0 spiro atoms. The van der Waals surface area contributed by atoms with E-state index in [1.54, 1.807) is 19.2 Å². The Hall–Kier alpha value is -2.49. The van der Waals surface area contributed by atoms with Gasteiger partial charge in [0, 0.05) is 17.7 Å². The number of hydrogen-bond donors (Lipinski definition) is 2. The van der Waals surface area contributed by atoms with Crippen molar-refractivity contribution in [2.45, 2.75) is 6.54 Å². The number of aromatic hydroxyl groups is 1. The lowest BCUT2D eigenvalue weighted by Crippen LogP contribution is -2.22. The van der Waals surface area contributed by atoms with E-state index < -0.39 is 0 Å². The van der Waals surface area contributed by atoms with Gasteiger partial charge in [-0.25, -0.2) is 0 Å². The third kappa shape index (κ3) is 3.25. The van der Waals surface area contributed by atoms with Crippen molar-refractivity contribution in [1.29, 1.82) is 0 Å². The topological polar surface area (TPSA) is 58.6 Å². The van der Waals surface area contributed by atoms with Gasteiger partial charge in [-0.15, -0.1) is 0 Å². The number of nitrogens with one attached hydrogen (secondary N) is 1. The van der Waals surface area contributed by atoms with Gasteiger partial charge in [0.05, 0.1) is 7.11 Å². The molecule has 0 radical (unpaired) electrons. The highest BCUT2D eigenvalue weighted by Crippen LogP contribution is 2.17. The van der Waals surface area contributed by atoms with Crippen LogP contribution in [0.2, 0.25) is 0 Å². The van der Waals surface area contributed by atoms with Gasteiger partial charge in [-0.05, 0) is 24.3 Å². The second-order valence-electron chi connectivity index (χ2n) is 4.04. The lowest BCUT2D eigenvalue weighted by atomic mass is 10.1. The first-order valence-electron chi connectivity index (χ1n) is 5.90. The fourth-order valence-electron chi connectivity index (χ4n) is 1.77. The molecule has 2 aromatic rings. The van der Waals surface area contributed by atoms with Crippen LogP contribution in [0, 0.1) is 0 Å². The van der Waals surface area contributed by atoms with E-state index >= 15 is 0 Å². The number of carbonyl (C=O) groups excluding carboxylic acids is 1. The van der Waals surface area contributed by atoms with Crippen LogP contribution in [0.25, 0.3) is 0 Å². The summed E-state index contributed by atoms with van der Waals surface area (Å²) in [7, 11) is 1.59. The van der Waals surface area contributed by atoms with Crippen molar-refractivity contribution in [3.63, 3.8) is 0 Å². The van der Waals surface area contributed by atoms with Gasteiger partial charge in [-0.3, -0.25) is 4.79 Å². The van der Waals surface area contributed by atoms with Crippen LogP contribution in [0.5, 0.6) is 11.5 Å². The molecule has 0 aromatic heterocycles. The highest BCUT2D eigenvalue weighted by Gasteiger charge is 2.07. The Kier molecular flexibility index (Phi) is 4.03. The van der Waals surface area contributed by atoms with Gasteiger partial charge in [0.1, 0.15) is 11.5 Å². The molecule has 0 aliphatic heterocycles. The molecule has 0 unspecified atom stereocenters. The summed E-state index contributed by atoms with van der Waals surface area (Å²) in [6, 6.07) is 13.7. The average Bonchev–Trinajstić information content (AvgIpc) is 2.45. The highest BCUT2D eigenvalue weighted by molar-refractivity contribution is 5.94. The molecule has 0 aliphatic rings. The average molecular weight is 257 g/mol. The molecule has 2 rings (SSSR count). The summed E-state index contributed by atoms with van der Waals surface area (Å²) in [5.74, 6) is 0.574. The maximum Gasteiger partial charge on any atom is 0.251 e. The van der Waals surface area contributed by atoms with E-state index in [1.165, 1.54) is 12.1 Å². The second kappa shape index (κ2) is 5.91. The molecular weight excluding hydrogens is 242 g/mol. The maximum absolute atomic E-state index is 11.9. The normalized spacial score (nSPS) is 9.95. The molecule has 0 saturated carbocycles. The minimum absolute atomic E-state index is 0.0740. The third-order valence-corrected chi connectivity index (χ3v) is 2.74. The van der Waals surface area contributed by atoms with Crippen molar-refractivity contribution in [2.75, 3.05) is 7.11 Å². The molecule has 1 amide bonds. The predicted molar refractivity (Wildman–Crippen MR) is 72.3 cm³/mol. The summed E-state index contributed by atoms with van der Waals surface area (Å²) in [6.07, 6.45) is 0. The Bertz CT molecular complexity index is 581. The standard InChI is InChI=1S/C15H15NO3/c1-19-14-8-3-2-5-12(14)10-16-15(18)11-6-4-7-13(17)9-11/h2-9,17H,10H2,1H3,(H,16,18). The van der Waals surface area contributed by atoms with E-state index in [9.17, 15) is 9.90 Å². The molecule has 0 fully saturated rings. The largest absolute Gasteiger partial charge is 0.508 e. The van der Waals surface area contributed by atoms with Gasteiger partial charge in [-0.2, -0.15) is 0 Å². The zero-order valence-corrected chi connectivity index (χ0v) is 10.6. The van der Waals surface area contributed by atoms with E-state index in [-0.39, 0.29) is 11.7 Å². The zero-order chi connectivity index (χ0) is 13.7. The molecule has 0 atom stereocenters. The van der Waals surface area contributed by atoms with Crippen LogP contribution >= 0.6 is 0 Å². The summed E-state index contributed by atoms with van der Waals surface area (Å²) >= 11 is 0. The number of para-hydroxylation sites is 1. The van der Waals surface area contributed by atoms with E-state index in [0.717, 1.165) is 11.3 Å². The van der Waals surface area contributed by atoms with E-state index in [1.807, 2.05) is 24.3 Å². The zero-order valence-electron chi connectivity index (χ0n) is 10.6. The van der Waals surface area contributed by atoms with Crippen LogP contribution in [0.3, 0.4) is 0 Å². The van der Waals surface area contributed by atoms with Crippen molar-refractivity contribution >= 4 is 5.91 Å². The van der Waals surface area contributed by atoms with E-state index in [4.69, 9.17) is 4.74 Å². The van der Waals surface area contributed by atoms with Crippen molar-refractivity contribution in [3.8, 4) is 11.5 Å². The Morgan fingerprint density at radius 2 is 2.00 bits per heavy atom. The van der Waals surface area contributed by atoms with Crippen molar-refractivity contribution in [1.82, 2.24) is 5.32 Å². The van der Waals surface area contributed by atoms with Gasteiger partial charge in [-0.1, -0.05) is 24.3 Å². The number of phenols is 1. The van der Waals surface area contributed by atoms with Crippen molar-refractivity contribution < 1.29 is 14.6 Å². The molecule has 2 N–H and O–H groups in total.